The van der Waals surface area contributed by atoms with E-state index >= 15 is 0 Å². The van der Waals surface area contributed by atoms with Crippen LogP contribution >= 0.6 is 0 Å². The molecule has 1 saturated heterocycles. The van der Waals surface area contributed by atoms with Gasteiger partial charge in [0.15, 0.2) is 5.75 Å². The SMILES string of the molecule is CC(C)(C)OC(=O)N1CCC(n2cc(OCCCCCO)cn2)CC1. The molecule has 1 fully saturated rings. The summed E-state index contributed by atoms with van der Waals surface area (Å²) >= 11 is 0. The van der Waals surface area contributed by atoms with Crippen molar-refractivity contribution in [2.45, 2.75) is 64.5 Å². The van der Waals surface area contributed by atoms with Gasteiger partial charge in [0.05, 0.1) is 25.0 Å². The molecule has 2 heterocycles. The molecule has 7 nitrogen and oxygen atoms in total. The highest BCUT2D eigenvalue weighted by Gasteiger charge is 2.27. The van der Waals surface area contributed by atoms with Crippen molar-refractivity contribution < 1.29 is 19.4 Å². The molecule has 1 amide bonds. The number of aliphatic hydroxyl groups excluding tert-OH is 1. The molecule has 0 atom stereocenters. The largest absolute Gasteiger partial charge is 0.490 e. The maximum absolute atomic E-state index is 12.1. The van der Waals surface area contributed by atoms with Crippen molar-refractivity contribution in [3.63, 3.8) is 0 Å². The summed E-state index contributed by atoms with van der Waals surface area (Å²) in [5, 5.41) is 13.2. The number of unbranched alkanes of at least 4 members (excludes halogenated alkanes) is 2. The van der Waals surface area contributed by atoms with Crippen molar-refractivity contribution in [1.29, 1.82) is 0 Å². The van der Waals surface area contributed by atoms with E-state index in [1.807, 2.05) is 31.6 Å². The molecular formula is C18H31N3O4. The van der Waals surface area contributed by atoms with Crippen molar-refractivity contribution >= 4 is 6.09 Å². The van der Waals surface area contributed by atoms with Crippen LogP contribution in [-0.4, -0.2) is 57.8 Å². The van der Waals surface area contributed by atoms with Crippen molar-refractivity contribution in [3.05, 3.63) is 12.4 Å². The predicted octanol–water partition coefficient (Wildman–Crippen LogP) is 3.00. The summed E-state index contributed by atoms with van der Waals surface area (Å²) in [6, 6.07) is 0.283. The first kappa shape index (κ1) is 19.6. The first-order chi connectivity index (χ1) is 11.9. The molecule has 1 aliphatic heterocycles. The summed E-state index contributed by atoms with van der Waals surface area (Å²) in [7, 11) is 0. The quantitative estimate of drug-likeness (QED) is 0.763. The lowest BCUT2D eigenvalue weighted by Gasteiger charge is -2.33. The van der Waals surface area contributed by atoms with Gasteiger partial charge in [0.1, 0.15) is 5.60 Å². The van der Waals surface area contributed by atoms with Crippen LogP contribution in [0, 0.1) is 0 Å². The Hall–Kier alpha value is -1.76. The summed E-state index contributed by atoms with van der Waals surface area (Å²) in [5.41, 5.74) is -0.459. The van der Waals surface area contributed by atoms with E-state index in [9.17, 15) is 4.79 Å². The molecule has 0 radical (unpaired) electrons. The first-order valence-electron chi connectivity index (χ1n) is 9.15. The summed E-state index contributed by atoms with van der Waals surface area (Å²) in [4.78, 5) is 13.9. The highest BCUT2D eigenvalue weighted by atomic mass is 16.6. The lowest BCUT2D eigenvalue weighted by Crippen LogP contribution is -2.42. The monoisotopic (exact) mass is 353 g/mol. The normalized spacial score (nSPS) is 16.1. The maximum atomic E-state index is 12.1. The zero-order valence-corrected chi connectivity index (χ0v) is 15.6. The second-order valence-electron chi connectivity index (χ2n) is 7.49. The molecule has 7 heteroatoms. The second kappa shape index (κ2) is 9.08. The fourth-order valence-corrected chi connectivity index (χ4v) is 2.81. The molecule has 0 aliphatic carbocycles. The number of aliphatic hydroxyl groups is 1. The van der Waals surface area contributed by atoms with Crippen LogP contribution in [0.5, 0.6) is 5.75 Å². The third-order valence-corrected chi connectivity index (χ3v) is 4.14. The number of likely N-dealkylation sites (tertiary alicyclic amines) is 1. The van der Waals surface area contributed by atoms with Crippen LogP contribution in [0.2, 0.25) is 0 Å². The van der Waals surface area contributed by atoms with Crippen LogP contribution in [0.1, 0.15) is 58.9 Å². The Morgan fingerprint density at radius 2 is 2.00 bits per heavy atom. The Morgan fingerprint density at radius 3 is 2.64 bits per heavy atom. The number of carbonyl (C=O) groups excluding carboxylic acids is 1. The minimum Gasteiger partial charge on any atom is -0.490 e. The van der Waals surface area contributed by atoms with Gasteiger partial charge in [-0.2, -0.15) is 5.10 Å². The van der Waals surface area contributed by atoms with Crippen LogP contribution in [0.3, 0.4) is 0 Å². The molecule has 25 heavy (non-hydrogen) atoms. The van der Waals surface area contributed by atoms with Gasteiger partial charge < -0.3 is 19.5 Å². The fourth-order valence-electron chi connectivity index (χ4n) is 2.81. The minimum atomic E-state index is -0.459. The Bertz CT molecular complexity index is 531. The first-order valence-corrected chi connectivity index (χ1v) is 9.15. The summed E-state index contributed by atoms with van der Waals surface area (Å²) in [5.74, 6) is 0.776. The average Bonchev–Trinajstić information content (AvgIpc) is 3.02. The molecule has 0 unspecified atom stereocenters. The van der Waals surface area contributed by atoms with E-state index in [0.29, 0.717) is 19.7 Å². The van der Waals surface area contributed by atoms with Crippen LogP contribution in [0.25, 0.3) is 0 Å². The Balaban J connectivity index is 1.74. The zero-order chi connectivity index (χ0) is 18.3. The number of ether oxygens (including phenoxy) is 2. The van der Waals surface area contributed by atoms with Crippen molar-refractivity contribution in [1.82, 2.24) is 14.7 Å². The number of nitrogens with zero attached hydrogens (tertiary/aromatic N) is 3. The van der Waals surface area contributed by atoms with Gasteiger partial charge >= 0.3 is 6.09 Å². The van der Waals surface area contributed by atoms with Gasteiger partial charge in [-0.3, -0.25) is 4.68 Å². The number of rotatable bonds is 7. The Kier molecular flexibility index (Phi) is 7.11. The van der Waals surface area contributed by atoms with Crippen molar-refractivity contribution in [2.75, 3.05) is 26.3 Å². The second-order valence-corrected chi connectivity index (χ2v) is 7.49. The molecule has 1 aliphatic rings. The van der Waals surface area contributed by atoms with E-state index in [0.717, 1.165) is 37.9 Å². The molecule has 1 aromatic heterocycles. The van der Waals surface area contributed by atoms with Crippen LogP contribution in [0.15, 0.2) is 12.4 Å². The third kappa shape index (κ3) is 6.57. The molecule has 0 saturated carbocycles. The van der Waals surface area contributed by atoms with Crippen LogP contribution in [0.4, 0.5) is 4.79 Å². The lowest BCUT2D eigenvalue weighted by molar-refractivity contribution is 0.0184. The number of carbonyl (C=O) groups is 1. The summed E-state index contributed by atoms with van der Waals surface area (Å²) < 4.78 is 13.1. The lowest BCUT2D eigenvalue weighted by atomic mass is 10.1. The van der Waals surface area contributed by atoms with Gasteiger partial charge in [0.25, 0.3) is 0 Å². The highest BCUT2D eigenvalue weighted by Crippen LogP contribution is 2.25. The van der Waals surface area contributed by atoms with Gasteiger partial charge in [-0.05, 0) is 52.9 Å². The van der Waals surface area contributed by atoms with E-state index < -0.39 is 5.60 Å². The number of hydrogen-bond donors (Lipinski definition) is 1. The number of piperidine rings is 1. The van der Waals surface area contributed by atoms with Gasteiger partial charge in [-0.1, -0.05) is 0 Å². The molecule has 0 bridgehead atoms. The molecular weight excluding hydrogens is 322 g/mol. The minimum absolute atomic E-state index is 0.236. The molecule has 0 spiro atoms. The van der Waals surface area contributed by atoms with E-state index in [2.05, 4.69) is 5.10 Å². The molecule has 2 rings (SSSR count). The van der Waals surface area contributed by atoms with E-state index in [1.54, 1.807) is 11.1 Å². The molecule has 0 aromatic carbocycles. The molecule has 1 aromatic rings. The van der Waals surface area contributed by atoms with Crippen LogP contribution < -0.4 is 4.74 Å². The molecule has 1 N–H and O–H groups in total. The number of aromatic nitrogens is 2. The average molecular weight is 353 g/mol. The number of amides is 1. The summed E-state index contributed by atoms with van der Waals surface area (Å²) in [6.45, 7) is 7.88. The van der Waals surface area contributed by atoms with Gasteiger partial charge in [-0.15, -0.1) is 0 Å². The zero-order valence-electron chi connectivity index (χ0n) is 15.6. The standard InChI is InChI=1S/C18H31N3O4/c1-18(2,3)25-17(23)20-9-7-15(8-10-20)21-14-16(13-19-21)24-12-6-4-5-11-22/h13-15,22H,4-12H2,1-3H3. The summed E-state index contributed by atoms with van der Waals surface area (Å²) in [6.07, 6.45) is 7.87. The van der Waals surface area contributed by atoms with Gasteiger partial charge in [0.2, 0.25) is 0 Å². The Morgan fingerprint density at radius 1 is 1.28 bits per heavy atom. The smallest absolute Gasteiger partial charge is 0.410 e. The van der Waals surface area contributed by atoms with E-state index in [1.165, 1.54) is 0 Å². The third-order valence-electron chi connectivity index (χ3n) is 4.14. The highest BCUT2D eigenvalue weighted by molar-refractivity contribution is 5.68. The molecule has 142 valence electrons. The predicted molar refractivity (Wildman–Crippen MR) is 94.7 cm³/mol. The van der Waals surface area contributed by atoms with Gasteiger partial charge in [0, 0.05) is 19.7 Å². The van der Waals surface area contributed by atoms with E-state index in [4.69, 9.17) is 14.6 Å². The fraction of sp³-hybridized carbons (Fsp3) is 0.778. The van der Waals surface area contributed by atoms with Crippen molar-refractivity contribution in [3.8, 4) is 5.75 Å². The topological polar surface area (TPSA) is 76.8 Å². The Labute approximate surface area is 149 Å². The number of hydrogen-bond acceptors (Lipinski definition) is 5. The van der Waals surface area contributed by atoms with Crippen LogP contribution in [-0.2, 0) is 4.74 Å². The van der Waals surface area contributed by atoms with Crippen molar-refractivity contribution in [2.24, 2.45) is 0 Å². The maximum Gasteiger partial charge on any atom is 0.410 e. The van der Waals surface area contributed by atoms with E-state index in [-0.39, 0.29) is 18.7 Å². The van der Waals surface area contributed by atoms with Gasteiger partial charge in [-0.25, -0.2) is 4.79 Å².